The Morgan fingerprint density at radius 1 is 0.737 bits per heavy atom. The van der Waals surface area contributed by atoms with Crippen LogP contribution in [0.5, 0.6) is 0 Å². The van der Waals surface area contributed by atoms with E-state index in [1.54, 1.807) is 13.8 Å². The third kappa shape index (κ3) is 3.19. The fourth-order valence-corrected chi connectivity index (χ4v) is 4.27. The van der Waals surface area contributed by atoms with E-state index >= 15 is 0 Å². The van der Waals surface area contributed by atoms with Gasteiger partial charge in [0.15, 0.2) is 0 Å². The molecule has 0 spiro atoms. The van der Waals surface area contributed by atoms with Gasteiger partial charge in [0.25, 0.3) is 0 Å². The number of hydrogen-bond acceptors (Lipinski definition) is 2. The summed E-state index contributed by atoms with van der Waals surface area (Å²) in [6.45, 7) is 3.15. The summed E-state index contributed by atoms with van der Waals surface area (Å²) in [6.07, 6.45) is 0. The molecule has 0 radical (unpaired) electrons. The van der Waals surface area contributed by atoms with Crippen LogP contribution < -0.4 is 8.92 Å². The van der Waals surface area contributed by atoms with Gasteiger partial charge in [0.05, 0.1) is 0 Å². The van der Waals surface area contributed by atoms with E-state index in [0.29, 0.717) is 0 Å². The third-order valence-corrected chi connectivity index (χ3v) is 5.17. The quantitative estimate of drug-likeness (QED) is 0.636. The molecule has 2 nitrogen and oxygen atoms in total. The van der Waals surface area contributed by atoms with Crippen LogP contribution in [0.2, 0.25) is 0 Å². The zero-order valence-corrected chi connectivity index (χ0v) is 12.6. The maximum absolute atomic E-state index is 11.6. The van der Waals surface area contributed by atoms with E-state index in [1.165, 1.54) is 0 Å². The van der Waals surface area contributed by atoms with Crippen LogP contribution in [-0.4, -0.2) is 26.5 Å². The fourth-order valence-electron chi connectivity index (χ4n) is 1.81. The van der Waals surface area contributed by atoms with Gasteiger partial charge in [-0.3, -0.25) is 0 Å². The first-order valence-electron chi connectivity index (χ1n) is 5.97. The fraction of sp³-hybridized carbons (Fsp3) is 0.125. The van der Waals surface area contributed by atoms with E-state index in [9.17, 15) is 9.59 Å². The van der Waals surface area contributed by atoms with E-state index in [4.69, 9.17) is 0 Å². The molecule has 19 heavy (non-hydrogen) atoms. The predicted octanol–water partition coefficient (Wildman–Crippen LogP) is 1.75. The Balaban J connectivity index is 2.42. The van der Waals surface area contributed by atoms with Crippen molar-refractivity contribution in [2.45, 2.75) is 13.8 Å². The molecule has 2 aromatic rings. The van der Waals surface area contributed by atoms with Gasteiger partial charge in [-0.05, 0) is 0 Å². The Hall–Kier alpha value is -1.70. The molecule has 0 atom stereocenters. The van der Waals surface area contributed by atoms with Crippen molar-refractivity contribution in [1.29, 1.82) is 0 Å². The number of ketones is 2. The first-order chi connectivity index (χ1) is 9.09. The summed E-state index contributed by atoms with van der Waals surface area (Å²) in [7, 11) is 0. The van der Waals surface area contributed by atoms with Crippen molar-refractivity contribution in [2.75, 3.05) is 0 Å². The van der Waals surface area contributed by atoms with Gasteiger partial charge in [-0.1, -0.05) is 0 Å². The van der Waals surface area contributed by atoms with Gasteiger partial charge >= 0.3 is 119 Å². The van der Waals surface area contributed by atoms with Gasteiger partial charge in [0, 0.05) is 0 Å². The number of hydrogen-bond donors (Lipinski definition) is 0. The molecular weight excluding hydrogens is 303 g/mol. The Morgan fingerprint density at radius 3 is 1.47 bits per heavy atom. The van der Waals surface area contributed by atoms with E-state index in [2.05, 4.69) is 0 Å². The summed E-state index contributed by atoms with van der Waals surface area (Å²) in [5.41, 5.74) is 1.50. The molecule has 0 aliphatic rings. The van der Waals surface area contributed by atoms with E-state index in [0.717, 1.165) is 20.1 Å². The molecule has 0 fully saturated rings. The van der Waals surface area contributed by atoms with Crippen LogP contribution in [0.15, 0.2) is 48.5 Å². The van der Waals surface area contributed by atoms with Gasteiger partial charge in [-0.25, -0.2) is 0 Å². The van der Waals surface area contributed by atoms with Crippen LogP contribution in [0.3, 0.4) is 0 Å². The van der Waals surface area contributed by atoms with E-state index < -0.39 is 0 Å². The number of carbonyl (C=O) groups excluding carboxylic acids is 2. The topological polar surface area (TPSA) is 34.1 Å². The van der Waals surface area contributed by atoms with Crippen LogP contribution in [0.1, 0.15) is 34.6 Å². The van der Waals surface area contributed by atoms with Crippen LogP contribution in [-0.2, 0) is 0 Å². The summed E-state index contributed by atoms with van der Waals surface area (Å²) in [6, 6.07) is 15.2. The molecule has 0 saturated heterocycles. The minimum absolute atomic E-state index is 0.0372. The number of benzene rings is 2. The standard InChI is InChI=1S/C16H14O2Se/c1-11(17)13-7-3-5-9-15(13)19-16-10-6-4-8-14(16)12(2)18/h3-10H,1-2H3. The normalized spacial score (nSPS) is 10.2. The predicted molar refractivity (Wildman–Crippen MR) is 77.9 cm³/mol. The van der Waals surface area contributed by atoms with Crippen molar-refractivity contribution >= 4 is 35.4 Å². The Labute approximate surface area is 119 Å². The monoisotopic (exact) mass is 318 g/mol. The summed E-state index contributed by atoms with van der Waals surface area (Å²) < 4.78 is 2.05. The van der Waals surface area contributed by atoms with Crippen molar-refractivity contribution in [1.82, 2.24) is 0 Å². The zero-order chi connectivity index (χ0) is 13.8. The van der Waals surface area contributed by atoms with Crippen molar-refractivity contribution in [3.8, 4) is 0 Å². The van der Waals surface area contributed by atoms with Crippen LogP contribution in [0.25, 0.3) is 0 Å². The molecule has 0 N–H and O–H groups in total. The molecule has 0 aromatic heterocycles. The molecule has 0 saturated carbocycles. The molecule has 0 aliphatic carbocycles. The van der Waals surface area contributed by atoms with Gasteiger partial charge < -0.3 is 0 Å². The second-order valence-electron chi connectivity index (χ2n) is 4.21. The van der Waals surface area contributed by atoms with Crippen molar-refractivity contribution in [3.63, 3.8) is 0 Å². The molecule has 3 heteroatoms. The van der Waals surface area contributed by atoms with Crippen molar-refractivity contribution in [2.24, 2.45) is 0 Å². The average Bonchev–Trinajstić information content (AvgIpc) is 2.39. The Kier molecular flexibility index (Phi) is 4.31. The molecule has 0 aliphatic heterocycles. The molecule has 0 bridgehead atoms. The SMILES string of the molecule is CC(=O)c1ccccc1[Se]c1ccccc1C(C)=O. The summed E-state index contributed by atoms with van der Waals surface area (Å²) in [5, 5.41) is 0. The minimum atomic E-state index is -0.0372. The second-order valence-corrected chi connectivity index (χ2v) is 6.48. The molecule has 96 valence electrons. The third-order valence-electron chi connectivity index (χ3n) is 2.75. The molecule has 2 rings (SSSR count). The van der Waals surface area contributed by atoms with Crippen molar-refractivity contribution in [3.05, 3.63) is 59.7 Å². The van der Waals surface area contributed by atoms with E-state index in [-0.39, 0.29) is 26.5 Å². The first kappa shape index (κ1) is 13.7. The second kappa shape index (κ2) is 5.96. The number of carbonyl (C=O) groups is 2. The molecule has 0 unspecified atom stereocenters. The van der Waals surface area contributed by atoms with Crippen LogP contribution in [0, 0.1) is 0 Å². The van der Waals surface area contributed by atoms with Crippen LogP contribution >= 0.6 is 0 Å². The summed E-state index contributed by atoms with van der Waals surface area (Å²) in [4.78, 5) is 23.2. The van der Waals surface area contributed by atoms with Gasteiger partial charge in [0.2, 0.25) is 0 Å². The Bertz CT molecular complexity index is 577. The van der Waals surface area contributed by atoms with Crippen molar-refractivity contribution < 1.29 is 9.59 Å². The summed E-state index contributed by atoms with van der Waals surface area (Å²) in [5.74, 6) is 0.135. The first-order valence-corrected chi connectivity index (χ1v) is 7.68. The zero-order valence-electron chi connectivity index (χ0n) is 10.8. The van der Waals surface area contributed by atoms with Gasteiger partial charge in [-0.2, -0.15) is 0 Å². The Morgan fingerprint density at radius 2 is 1.11 bits per heavy atom. The maximum atomic E-state index is 11.6. The summed E-state index contributed by atoms with van der Waals surface area (Å²) >= 11 is -0.0372. The number of rotatable bonds is 4. The molecule has 0 amide bonds. The molecular formula is C16H14O2Se. The molecule has 2 aromatic carbocycles. The molecule has 0 heterocycles. The average molecular weight is 317 g/mol. The van der Waals surface area contributed by atoms with Gasteiger partial charge in [0.1, 0.15) is 0 Å². The van der Waals surface area contributed by atoms with Crippen LogP contribution in [0.4, 0.5) is 0 Å². The number of Topliss-reactive ketones (excluding diaryl/α,β-unsaturated/α-hetero) is 2. The van der Waals surface area contributed by atoms with Gasteiger partial charge in [-0.15, -0.1) is 0 Å². The van der Waals surface area contributed by atoms with E-state index in [1.807, 2.05) is 48.5 Å².